The molecule has 0 N–H and O–H groups in total. The van der Waals surface area contributed by atoms with Crippen molar-refractivity contribution in [2.75, 3.05) is 18.0 Å². The van der Waals surface area contributed by atoms with Gasteiger partial charge in [0, 0.05) is 24.8 Å². The van der Waals surface area contributed by atoms with Gasteiger partial charge in [0.1, 0.15) is 5.75 Å². The van der Waals surface area contributed by atoms with Crippen molar-refractivity contribution in [3.05, 3.63) is 23.8 Å². The Balaban J connectivity index is 2.97. The van der Waals surface area contributed by atoms with Gasteiger partial charge >= 0.3 is 0 Å². The molecule has 0 aliphatic rings. The molecule has 21 heavy (non-hydrogen) atoms. The minimum absolute atomic E-state index is 0.0682. The normalized spacial score (nSPS) is 10.7. The fourth-order valence-electron chi connectivity index (χ4n) is 2.24. The first-order valence-electron chi connectivity index (χ1n) is 8.13. The third kappa shape index (κ3) is 5.78. The van der Waals surface area contributed by atoms with Crippen LogP contribution in [0.15, 0.2) is 18.2 Å². The second-order valence-corrected chi connectivity index (χ2v) is 5.70. The summed E-state index contributed by atoms with van der Waals surface area (Å²) in [5.41, 5.74) is 1.77. The largest absolute Gasteiger partial charge is 0.490 e. The molecule has 0 atom stereocenters. The summed E-state index contributed by atoms with van der Waals surface area (Å²) in [6.45, 7) is 10.5. The van der Waals surface area contributed by atoms with Gasteiger partial charge in [-0.05, 0) is 38.8 Å². The summed E-state index contributed by atoms with van der Waals surface area (Å²) in [5, 5.41) is 0. The number of benzene rings is 1. The minimum Gasteiger partial charge on any atom is -0.490 e. The summed E-state index contributed by atoms with van der Waals surface area (Å²) in [5.74, 6) is 0.690. The van der Waals surface area contributed by atoms with Gasteiger partial charge in [0.15, 0.2) is 6.29 Å². The Kier molecular flexibility index (Phi) is 7.88. The zero-order valence-corrected chi connectivity index (χ0v) is 13.9. The van der Waals surface area contributed by atoms with Crippen LogP contribution < -0.4 is 9.64 Å². The van der Waals surface area contributed by atoms with E-state index < -0.39 is 0 Å². The van der Waals surface area contributed by atoms with Gasteiger partial charge < -0.3 is 9.64 Å². The Morgan fingerprint density at radius 2 is 1.76 bits per heavy atom. The fraction of sp³-hybridized carbons (Fsp3) is 0.611. The van der Waals surface area contributed by atoms with E-state index in [4.69, 9.17) is 4.74 Å². The molecule has 0 aromatic heterocycles. The van der Waals surface area contributed by atoms with Gasteiger partial charge in [0.05, 0.1) is 11.7 Å². The highest BCUT2D eigenvalue weighted by Crippen LogP contribution is 2.26. The highest BCUT2D eigenvalue weighted by molar-refractivity contribution is 5.80. The van der Waals surface area contributed by atoms with Crippen molar-refractivity contribution >= 4 is 12.0 Å². The van der Waals surface area contributed by atoms with Crippen molar-refractivity contribution in [1.29, 1.82) is 0 Å². The molecule has 1 aromatic rings. The number of hydrogen-bond acceptors (Lipinski definition) is 3. The third-order valence-corrected chi connectivity index (χ3v) is 3.42. The highest BCUT2D eigenvalue weighted by atomic mass is 16.5. The SMILES string of the molecule is CCCCN(CCCC)c1ccc(C=O)c(OC(C)C)c1. The van der Waals surface area contributed by atoms with Crippen LogP contribution in [0.2, 0.25) is 0 Å². The van der Waals surface area contributed by atoms with Crippen molar-refractivity contribution in [2.24, 2.45) is 0 Å². The molecule has 118 valence electrons. The standard InChI is InChI=1S/C18H29NO2/c1-5-7-11-19(12-8-6-2)17-10-9-16(14-20)18(13-17)21-15(3)4/h9-10,13-15H,5-8,11-12H2,1-4H3. The van der Waals surface area contributed by atoms with E-state index in [-0.39, 0.29) is 6.10 Å². The van der Waals surface area contributed by atoms with E-state index in [1.165, 1.54) is 25.7 Å². The molecule has 1 aromatic carbocycles. The summed E-state index contributed by atoms with van der Waals surface area (Å²) in [4.78, 5) is 13.5. The minimum atomic E-state index is 0.0682. The van der Waals surface area contributed by atoms with Gasteiger partial charge in [0.2, 0.25) is 0 Å². The van der Waals surface area contributed by atoms with E-state index in [1.54, 1.807) is 0 Å². The van der Waals surface area contributed by atoms with Crippen LogP contribution >= 0.6 is 0 Å². The van der Waals surface area contributed by atoms with Crippen LogP contribution in [0.3, 0.4) is 0 Å². The maximum atomic E-state index is 11.1. The van der Waals surface area contributed by atoms with E-state index in [1.807, 2.05) is 32.0 Å². The molecule has 0 unspecified atom stereocenters. The second kappa shape index (κ2) is 9.43. The molecule has 0 aliphatic heterocycles. The zero-order valence-electron chi connectivity index (χ0n) is 13.9. The third-order valence-electron chi connectivity index (χ3n) is 3.42. The van der Waals surface area contributed by atoms with Crippen molar-refractivity contribution < 1.29 is 9.53 Å². The number of rotatable bonds is 10. The summed E-state index contributed by atoms with van der Waals surface area (Å²) in [6, 6.07) is 5.90. The Morgan fingerprint density at radius 1 is 1.14 bits per heavy atom. The molecule has 0 radical (unpaired) electrons. The number of nitrogens with zero attached hydrogens (tertiary/aromatic N) is 1. The molecule has 0 saturated carbocycles. The topological polar surface area (TPSA) is 29.5 Å². The summed E-state index contributed by atoms with van der Waals surface area (Å²) in [6.07, 6.45) is 5.66. The van der Waals surface area contributed by atoms with Crippen LogP contribution in [-0.4, -0.2) is 25.5 Å². The first kappa shape index (κ1) is 17.5. The molecule has 0 aliphatic carbocycles. The number of hydrogen-bond donors (Lipinski definition) is 0. The highest BCUT2D eigenvalue weighted by Gasteiger charge is 2.11. The van der Waals surface area contributed by atoms with Gasteiger partial charge in [-0.3, -0.25) is 4.79 Å². The maximum absolute atomic E-state index is 11.1. The predicted octanol–water partition coefficient (Wildman–Crippen LogP) is 4.69. The van der Waals surface area contributed by atoms with E-state index in [9.17, 15) is 4.79 Å². The average Bonchev–Trinajstić information content (AvgIpc) is 2.47. The lowest BCUT2D eigenvalue weighted by atomic mass is 10.1. The van der Waals surface area contributed by atoms with Crippen LogP contribution in [0.1, 0.15) is 63.7 Å². The summed E-state index contributed by atoms with van der Waals surface area (Å²) < 4.78 is 5.78. The van der Waals surface area contributed by atoms with Crippen LogP contribution in [0.5, 0.6) is 5.75 Å². The van der Waals surface area contributed by atoms with Crippen LogP contribution in [-0.2, 0) is 0 Å². The number of carbonyl (C=O) groups excluding carboxylic acids is 1. The second-order valence-electron chi connectivity index (χ2n) is 5.70. The monoisotopic (exact) mass is 291 g/mol. The molecular weight excluding hydrogens is 262 g/mol. The number of anilines is 1. The van der Waals surface area contributed by atoms with Crippen molar-refractivity contribution in [2.45, 2.75) is 59.5 Å². The maximum Gasteiger partial charge on any atom is 0.153 e. The molecule has 1 rings (SSSR count). The Morgan fingerprint density at radius 3 is 2.24 bits per heavy atom. The smallest absolute Gasteiger partial charge is 0.153 e. The summed E-state index contributed by atoms with van der Waals surface area (Å²) in [7, 11) is 0. The quantitative estimate of drug-likeness (QED) is 0.586. The van der Waals surface area contributed by atoms with Gasteiger partial charge in [-0.1, -0.05) is 26.7 Å². The van der Waals surface area contributed by atoms with E-state index in [0.717, 1.165) is 25.1 Å². The van der Waals surface area contributed by atoms with Gasteiger partial charge in [0.25, 0.3) is 0 Å². The zero-order chi connectivity index (χ0) is 15.7. The molecule has 3 nitrogen and oxygen atoms in total. The Hall–Kier alpha value is -1.51. The molecule has 3 heteroatoms. The first-order valence-corrected chi connectivity index (χ1v) is 8.13. The number of aldehydes is 1. The Bertz CT molecular complexity index is 421. The molecule has 0 fully saturated rings. The van der Waals surface area contributed by atoms with Gasteiger partial charge in [-0.2, -0.15) is 0 Å². The van der Waals surface area contributed by atoms with E-state index >= 15 is 0 Å². The van der Waals surface area contributed by atoms with Crippen molar-refractivity contribution in [3.8, 4) is 5.75 Å². The van der Waals surface area contributed by atoms with Crippen LogP contribution in [0.4, 0.5) is 5.69 Å². The lowest BCUT2D eigenvalue weighted by Crippen LogP contribution is -2.25. The van der Waals surface area contributed by atoms with Crippen molar-refractivity contribution in [1.82, 2.24) is 0 Å². The lowest BCUT2D eigenvalue weighted by molar-refractivity contribution is 0.111. The van der Waals surface area contributed by atoms with Gasteiger partial charge in [-0.15, -0.1) is 0 Å². The first-order chi connectivity index (χ1) is 10.1. The number of unbranched alkanes of at least 4 members (excludes halogenated alkanes) is 2. The average molecular weight is 291 g/mol. The summed E-state index contributed by atoms with van der Waals surface area (Å²) >= 11 is 0. The lowest BCUT2D eigenvalue weighted by Gasteiger charge is -2.26. The van der Waals surface area contributed by atoms with Gasteiger partial charge in [-0.25, -0.2) is 0 Å². The van der Waals surface area contributed by atoms with Crippen molar-refractivity contribution in [3.63, 3.8) is 0 Å². The predicted molar refractivity (Wildman–Crippen MR) is 89.6 cm³/mol. The Labute approximate surface area is 129 Å². The molecule has 0 bridgehead atoms. The van der Waals surface area contributed by atoms with Crippen LogP contribution in [0, 0.1) is 0 Å². The molecule has 0 amide bonds. The molecule has 0 spiro atoms. The van der Waals surface area contributed by atoms with E-state index in [2.05, 4.69) is 18.7 Å². The van der Waals surface area contributed by atoms with Crippen LogP contribution in [0.25, 0.3) is 0 Å². The molecule has 0 heterocycles. The number of carbonyl (C=O) groups is 1. The fourth-order valence-corrected chi connectivity index (χ4v) is 2.24. The molecular formula is C18H29NO2. The number of ether oxygens (including phenoxy) is 1. The van der Waals surface area contributed by atoms with E-state index in [0.29, 0.717) is 11.3 Å². The molecule has 0 saturated heterocycles.